The van der Waals surface area contributed by atoms with Gasteiger partial charge in [-0.15, -0.1) is 0 Å². The van der Waals surface area contributed by atoms with Crippen molar-refractivity contribution in [1.82, 2.24) is 9.80 Å². The number of rotatable bonds is 4. The van der Waals surface area contributed by atoms with Crippen molar-refractivity contribution in [1.29, 1.82) is 0 Å². The van der Waals surface area contributed by atoms with Crippen LogP contribution in [0.3, 0.4) is 0 Å². The maximum atomic E-state index is 12.8. The molecule has 0 radical (unpaired) electrons. The summed E-state index contributed by atoms with van der Waals surface area (Å²) in [5.74, 6) is 2.42. The number of benzene rings is 1. The second kappa shape index (κ2) is 7.56. The van der Waals surface area contributed by atoms with Gasteiger partial charge in [0.05, 0.1) is 13.7 Å². The lowest BCUT2D eigenvalue weighted by Gasteiger charge is -2.36. The molecule has 0 saturated carbocycles. The van der Waals surface area contributed by atoms with Crippen LogP contribution in [0.2, 0.25) is 0 Å². The minimum atomic E-state index is 0.295. The lowest BCUT2D eigenvalue weighted by Crippen LogP contribution is -2.46. The first kappa shape index (κ1) is 17.3. The summed E-state index contributed by atoms with van der Waals surface area (Å²) in [4.78, 5) is 17.2. The van der Waals surface area contributed by atoms with Gasteiger partial charge < -0.3 is 9.64 Å². The van der Waals surface area contributed by atoms with Gasteiger partial charge in [-0.3, -0.25) is 9.69 Å². The number of carbonyl (C=O) groups is 1. The summed E-state index contributed by atoms with van der Waals surface area (Å²) < 4.78 is 5.36. The number of amides is 1. The topological polar surface area (TPSA) is 32.8 Å². The van der Waals surface area contributed by atoms with Gasteiger partial charge in [0.2, 0.25) is 5.91 Å². The van der Waals surface area contributed by atoms with Crippen molar-refractivity contribution in [2.75, 3.05) is 33.3 Å². The van der Waals surface area contributed by atoms with Crippen LogP contribution in [0.4, 0.5) is 0 Å². The van der Waals surface area contributed by atoms with Gasteiger partial charge >= 0.3 is 0 Å². The monoisotopic (exact) mass is 330 g/mol. The number of ether oxygens (including phenoxy) is 1. The average Bonchev–Trinajstić information content (AvgIpc) is 3.02. The maximum Gasteiger partial charge on any atom is 0.236 e. The van der Waals surface area contributed by atoms with Crippen LogP contribution in [0.1, 0.15) is 44.7 Å². The molecule has 2 saturated heterocycles. The molecule has 2 aliphatic rings. The van der Waals surface area contributed by atoms with Crippen molar-refractivity contribution in [2.24, 2.45) is 11.8 Å². The Morgan fingerprint density at radius 3 is 2.71 bits per heavy atom. The molecule has 4 nitrogen and oxygen atoms in total. The highest BCUT2D eigenvalue weighted by Crippen LogP contribution is 2.33. The van der Waals surface area contributed by atoms with Crippen LogP contribution in [-0.4, -0.2) is 49.0 Å². The van der Waals surface area contributed by atoms with Gasteiger partial charge in [-0.2, -0.15) is 0 Å². The molecule has 3 atom stereocenters. The zero-order valence-electron chi connectivity index (χ0n) is 15.2. The summed E-state index contributed by atoms with van der Waals surface area (Å²) >= 11 is 0. The van der Waals surface area contributed by atoms with E-state index in [-0.39, 0.29) is 0 Å². The Morgan fingerprint density at radius 1 is 1.25 bits per heavy atom. The quantitative estimate of drug-likeness (QED) is 0.849. The molecule has 1 amide bonds. The number of hydrogen-bond acceptors (Lipinski definition) is 3. The second-order valence-corrected chi connectivity index (χ2v) is 7.65. The molecule has 0 spiro atoms. The SMILES string of the molecule is COc1cccc([C@@H]2CCCN2CC(=O)N2C[C@H](C)C[C@@H](C)C2)c1. The van der Waals surface area contributed by atoms with E-state index in [1.807, 2.05) is 12.1 Å². The number of piperidine rings is 1. The highest BCUT2D eigenvalue weighted by Gasteiger charge is 2.31. The number of methoxy groups -OCH3 is 1. The third kappa shape index (κ3) is 3.92. The van der Waals surface area contributed by atoms with E-state index in [9.17, 15) is 4.79 Å². The van der Waals surface area contributed by atoms with E-state index in [1.165, 1.54) is 12.0 Å². The number of hydrogen-bond donors (Lipinski definition) is 0. The van der Waals surface area contributed by atoms with E-state index < -0.39 is 0 Å². The minimum Gasteiger partial charge on any atom is -0.497 e. The third-order valence-corrected chi connectivity index (χ3v) is 5.40. The first-order chi connectivity index (χ1) is 11.6. The van der Waals surface area contributed by atoms with Crippen molar-refractivity contribution in [3.8, 4) is 5.75 Å². The Labute approximate surface area is 145 Å². The number of likely N-dealkylation sites (tertiary alicyclic amines) is 2. The van der Waals surface area contributed by atoms with Crippen LogP contribution in [-0.2, 0) is 4.79 Å². The predicted octanol–water partition coefficient (Wildman–Crippen LogP) is 3.34. The van der Waals surface area contributed by atoms with Crippen molar-refractivity contribution < 1.29 is 9.53 Å². The number of nitrogens with zero attached hydrogens (tertiary/aromatic N) is 2. The number of carbonyl (C=O) groups excluding carboxylic acids is 1. The van der Waals surface area contributed by atoms with E-state index in [4.69, 9.17) is 4.74 Å². The van der Waals surface area contributed by atoms with E-state index in [1.54, 1.807) is 7.11 Å². The van der Waals surface area contributed by atoms with Gasteiger partial charge in [-0.05, 0) is 55.3 Å². The first-order valence-electron chi connectivity index (χ1n) is 9.22. The molecule has 2 aliphatic heterocycles. The van der Waals surface area contributed by atoms with Crippen LogP contribution >= 0.6 is 0 Å². The molecular formula is C20H30N2O2. The fraction of sp³-hybridized carbons (Fsp3) is 0.650. The smallest absolute Gasteiger partial charge is 0.236 e. The zero-order chi connectivity index (χ0) is 17.1. The summed E-state index contributed by atoms with van der Waals surface area (Å²) in [5.41, 5.74) is 1.26. The Kier molecular flexibility index (Phi) is 5.44. The average molecular weight is 330 g/mol. The molecule has 132 valence electrons. The molecule has 24 heavy (non-hydrogen) atoms. The molecular weight excluding hydrogens is 300 g/mol. The fourth-order valence-corrected chi connectivity index (χ4v) is 4.38. The van der Waals surface area contributed by atoms with Gasteiger partial charge in [0.15, 0.2) is 0 Å². The Hall–Kier alpha value is -1.55. The highest BCUT2D eigenvalue weighted by atomic mass is 16.5. The molecule has 0 unspecified atom stereocenters. The standard InChI is InChI=1S/C20H30N2O2/c1-15-10-16(2)13-22(12-15)20(23)14-21-9-5-8-19(21)17-6-4-7-18(11-17)24-3/h4,6-7,11,15-16,19H,5,8-10,12-14H2,1-3H3/t15-,16-,19+/m1/s1. The normalized spacial score (nSPS) is 28.1. The van der Waals surface area contributed by atoms with Gasteiger partial charge in [0, 0.05) is 19.1 Å². The molecule has 1 aromatic rings. The molecule has 4 heteroatoms. The van der Waals surface area contributed by atoms with Crippen LogP contribution in [0, 0.1) is 11.8 Å². The lowest BCUT2D eigenvalue weighted by molar-refractivity contribution is -0.135. The van der Waals surface area contributed by atoms with E-state index >= 15 is 0 Å². The predicted molar refractivity (Wildman–Crippen MR) is 96.1 cm³/mol. The van der Waals surface area contributed by atoms with Gasteiger partial charge in [0.1, 0.15) is 5.75 Å². The van der Waals surface area contributed by atoms with Crippen LogP contribution in [0.5, 0.6) is 5.75 Å². The van der Waals surface area contributed by atoms with Crippen molar-refractivity contribution >= 4 is 5.91 Å². The van der Waals surface area contributed by atoms with E-state index in [0.717, 1.165) is 38.2 Å². The van der Waals surface area contributed by atoms with Crippen molar-refractivity contribution in [3.63, 3.8) is 0 Å². The second-order valence-electron chi connectivity index (χ2n) is 7.65. The van der Waals surface area contributed by atoms with Gasteiger partial charge in [-0.25, -0.2) is 0 Å². The van der Waals surface area contributed by atoms with Crippen LogP contribution < -0.4 is 4.74 Å². The molecule has 0 aromatic heterocycles. The maximum absolute atomic E-state index is 12.8. The fourth-order valence-electron chi connectivity index (χ4n) is 4.38. The largest absolute Gasteiger partial charge is 0.497 e. The lowest BCUT2D eigenvalue weighted by atomic mass is 9.92. The molecule has 1 aromatic carbocycles. The summed E-state index contributed by atoms with van der Waals surface area (Å²) in [7, 11) is 1.70. The van der Waals surface area contributed by atoms with Crippen LogP contribution in [0.15, 0.2) is 24.3 Å². The molecule has 0 N–H and O–H groups in total. The highest BCUT2D eigenvalue weighted by molar-refractivity contribution is 5.78. The Morgan fingerprint density at radius 2 is 2.00 bits per heavy atom. The van der Waals surface area contributed by atoms with Gasteiger partial charge in [0.25, 0.3) is 0 Å². The molecule has 2 fully saturated rings. The molecule has 2 heterocycles. The van der Waals surface area contributed by atoms with Gasteiger partial charge in [-0.1, -0.05) is 26.0 Å². The first-order valence-corrected chi connectivity index (χ1v) is 9.22. The molecule has 0 bridgehead atoms. The molecule has 0 aliphatic carbocycles. The van der Waals surface area contributed by atoms with Crippen LogP contribution in [0.25, 0.3) is 0 Å². The Bertz CT molecular complexity index is 565. The van der Waals surface area contributed by atoms with Crippen molar-refractivity contribution in [3.05, 3.63) is 29.8 Å². The summed E-state index contributed by atoms with van der Waals surface area (Å²) in [5, 5.41) is 0. The third-order valence-electron chi connectivity index (χ3n) is 5.40. The molecule has 3 rings (SSSR count). The Balaban J connectivity index is 1.66. The van der Waals surface area contributed by atoms with Crippen molar-refractivity contribution in [2.45, 2.75) is 39.2 Å². The van der Waals surface area contributed by atoms with E-state index in [0.29, 0.717) is 30.3 Å². The zero-order valence-corrected chi connectivity index (χ0v) is 15.2. The summed E-state index contributed by atoms with van der Waals surface area (Å²) in [6, 6.07) is 8.62. The van der Waals surface area contributed by atoms with E-state index in [2.05, 4.69) is 35.8 Å². The minimum absolute atomic E-state index is 0.295. The summed E-state index contributed by atoms with van der Waals surface area (Å²) in [6.45, 7) is 7.89. The summed E-state index contributed by atoms with van der Waals surface area (Å²) in [6.07, 6.45) is 3.51.